The van der Waals surface area contributed by atoms with E-state index < -0.39 is 0 Å². The average Bonchev–Trinajstić information content (AvgIpc) is 3.63. The van der Waals surface area contributed by atoms with Crippen LogP contribution in [0.15, 0.2) is 205 Å². The Bertz CT molecular complexity index is 3210. The summed E-state index contributed by atoms with van der Waals surface area (Å²) in [4.78, 5) is 2.38. The van der Waals surface area contributed by atoms with Crippen molar-refractivity contribution >= 4 is 82.1 Å². The predicted octanol–water partition coefficient (Wildman–Crippen LogP) is 15.0. The first-order chi connectivity index (χ1) is 26.8. The number of fused-ring (bicyclic) bond motifs is 10. The molecule has 2 nitrogen and oxygen atoms in total. The van der Waals surface area contributed by atoms with E-state index in [0.29, 0.717) is 0 Å². The largest absolute Gasteiger partial charge is 0.456 e. The fourth-order valence-electron chi connectivity index (χ4n) is 8.46. The van der Waals surface area contributed by atoms with Gasteiger partial charge in [0.25, 0.3) is 0 Å². The maximum absolute atomic E-state index is 6.55. The maximum Gasteiger partial charge on any atom is 0.138 e. The van der Waals surface area contributed by atoms with E-state index in [0.717, 1.165) is 39.0 Å². The first-order valence-corrected chi connectivity index (χ1v) is 18.5. The number of para-hydroxylation sites is 1. The molecule has 1 heterocycles. The van der Waals surface area contributed by atoms with E-state index in [1.54, 1.807) is 0 Å². The normalized spacial score (nSPS) is 11.7. The maximum atomic E-state index is 6.55. The zero-order valence-electron chi connectivity index (χ0n) is 29.4. The van der Waals surface area contributed by atoms with Gasteiger partial charge in [0.1, 0.15) is 11.2 Å². The van der Waals surface area contributed by atoms with Crippen molar-refractivity contribution in [3.63, 3.8) is 0 Å². The van der Waals surface area contributed by atoms with E-state index in [1.165, 1.54) is 65.3 Å². The molecule has 0 fully saturated rings. The number of benzene rings is 10. The van der Waals surface area contributed by atoms with Crippen LogP contribution < -0.4 is 4.90 Å². The summed E-state index contributed by atoms with van der Waals surface area (Å²) < 4.78 is 6.55. The number of hydrogen-bond donors (Lipinski definition) is 0. The van der Waals surface area contributed by atoms with Crippen LogP contribution in [0.2, 0.25) is 0 Å². The minimum atomic E-state index is 0.877. The molecule has 1 aromatic heterocycles. The second kappa shape index (κ2) is 12.2. The minimum absolute atomic E-state index is 0.877. The van der Waals surface area contributed by atoms with Crippen LogP contribution in [0.4, 0.5) is 17.1 Å². The molecule has 2 heteroatoms. The van der Waals surface area contributed by atoms with Crippen LogP contribution in [0.5, 0.6) is 0 Å². The molecule has 0 spiro atoms. The molecule has 0 N–H and O–H groups in total. The molecule has 0 atom stereocenters. The molecule has 252 valence electrons. The molecule has 0 saturated carbocycles. The van der Waals surface area contributed by atoms with Crippen molar-refractivity contribution in [1.29, 1.82) is 0 Å². The standard InChI is InChI=1S/C52H33NO/c1-2-11-34(12-3-1)38-14-10-15-42(32-38)53(48-33-50-52(46-18-7-6-17-45(46)48)47-19-8-9-20-49(47)54-50)41-28-25-35(26-29-41)39-27-30-44-40(31-39)24-23-37-22-21-36-13-4-5-16-43(36)51(37)44/h1-33H. The van der Waals surface area contributed by atoms with E-state index in [-0.39, 0.29) is 0 Å². The highest BCUT2D eigenvalue weighted by Crippen LogP contribution is 2.45. The summed E-state index contributed by atoms with van der Waals surface area (Å²) in [5.74, 6) is 0. The summed E-state index contributed by atoms with van der Waals surface area (Å²) in [5.41, 5.74) is 9.71. The third-order valence-corrected chi connectivity index (χ3v) is 11.0. The van der Waals surface area contributed by atoms with Crippen LogP contribution in [0.1, 0.15) is 0 Å². The molecular weight excluding hydrogens is 655 g/mol. The molecule has 54 heavy (non-hydrogen) atoms. The second-order valence-corrected chi connectivity index (χ2v) is 14.1. The summed E-state index contributed by atoms with van der Waals surface area (Å²) in [6, 6.07) is 72.2. The third kappa shape index (κ3) is 4.88. The first kappa shape index (κ1) is 30.5. The van der Waals surface area contributed by atoms with Crippen molar-refractivity contribution in [2.75, 3.05) is 4.90 Å². The van der Waals surface area contributed by atoms with Crippen LogP contribution in [0.25, 0.3) is 87.3 Å². The number of nitrogens with zero attached hydrogens (tertiary/aromatic N) is 1. The van der Waals surface area contributed by atoms with Gasteiger partial charge in [-0.25, -0.2) is 0 Å². The van der Waals surface area contributed by atoms with Crippen molar-refractivity contribution < 1.29 is 4.42 Å². The Labute approximate surface area is 312 Å². The number of hydrogen-bond acceptors (Lipinski definition) is 2. The van der Waals surface area contributed by atoms with E-state index in [1.807, 2.05) is 6.07 Å². The molecule has 0 bridgehead atoms. The van der Waals surface area contributed by atoms with Gasteiger partial charge in [-0.3, -0.25) is 0 Å². The van der Waals surface area contributed by atoms with E-state index in [4.69, 9.17) is 4.42 Å². The Morgan fingerprint density at radius 1 is 0.296 bits per heavy atom. The van der Waals surface area contributed by atoms with E-state index in [9.17, 15) is 0 Å². The molecule has 11 rings (SSSR count). The summed E-state index contributed by atoms with van der Waals surface area (Å²) in [5, 5.41) is 12.3. The van der Waals surface area contributed by atoms with Crippen LogP contribution in [0.3, 0.4) is 0 Å². The molecule has 0 amide bonds. The highest BCUT2D eigenvalue weighted by Gasteiger charge is 2.21. The highest BCUT2D eigenvalue weighted by atomic mass is 16.3. The fraction of sp³-hybridized carbons (Fsp3) is 0. The van der Waals surface area contributed by atoms with E-state index >= 15 is 0 Å². The lowest BCUT2D eigenvalue weighted by molar-refractivity contribution is 0.669. The van der Waals surface area contributed by atoms with Crippen molar-refractivity contribution in [2.45, 2.75) is 0 Å². The molecule has 10 aromatic carbocycles. The van der Waals surface area contributed by atoms with Gasteiger partial charge in [0.05, 0.1) is 5.69 Å². The summed E-state index contributed by atoms with van der Waals surface area (Å²) >= 11 is 0. The van der Waals surface area contributed by atoms with E-state index in [2.05, 4.69) is 199 Å². The Morgan fingerprint density at radius 3 is 1.76 bits per heavy atom. The number of furan rings is 1. The fourth-order valence-corrected chi connectivity index (χ4v) is 8.46. The van der Waals surface area contributed by atoms with Gasteiger partial charge in [0, 0.05) is 33.6 Å². The Kier molecular flexibility index (Phi) is 6.90. The van der Waals surface area contributed by atoms with Crippen molar-refractivity contribution in [3.8, 4) is 22.3 Å². The molecule has 0 aliphatic heterocycles. The van der Waals surface area contributed by atoms with Gasteiger partial charge in [-0.2, -0.15) is 0 Å². The number of anilines is 3. The minimum Gasteiger partial charge on any atom is -0.456 e. The molecule has 0 saturated heterocycles. The molecular formula is C52H33NO. The smallest absolute Gasteiger partial charge is 0.138 e. The predicted molar refractivity (Wildman–Crippen MR) is 229 cm³/mol. The third-order valence-electron chi connectivity index (χ3n) is 11.0. The topological polar surface area (TPSA) is 16.4 Å². The Hall–Kier alpha value is -7.16. The summed E-state index contributed by atoms with van der Waals surface area (Å²) in [6.45, 7) is 0. The van der Waals surface area contributed by atoms with Gasteiger partial charge in [0.2, 0.25) is 0 Å². The van der Waals surface area contributed by atoms with Gasteiger partial charge < -0.3 is 9.32 Å². The SMILES string of the molecule is c1ccc(-c2cccc(N(c3ccc(-c4ccc5c(ccc6ccc7ccccc7c65)c4)cc3)c3cc4oc5ccccc5c4c4ccccc34)c2)cc1. The van der Waals surface area contributed by atoms with Crippen molar-refractivity contribution in [1.82, 2.24) is 0 Å². The number of rotatable bonds is 5. The van der Waals surface area contributed by atoms with Crippen LogP contribution in [-0.2, 0) is 0 Å². The zero-order valence-corrected chi connectivity index (χ0v) is 29.4. The summed E-state index contributed by atoms with van der Waals surface area (Å²) in [7, 11) is 0. The van der Waals surface area contributed by atoms with Crippen LogP contribution in [-0.4, -0.2) is 0 Å². The first-order valence-electron chi connectivity index (χ1n) is 18.5. The lowest BCUT2D eigenvalue weighted by atomic mass is 9.94. The van der Waals surface area contributed by atoms with Gasteiger partial charge in [-0.15, -0.1) is 0 Å². The lowest BCUT2D eigenvalue weighted by Gasteiger charge is -2.27. The van der Waals surface area contributed by atoms with Gasteiger partial charge in [-0.1, -0.05) is 158 Å². The lowest BCUT2D eigenvalue weighted by Crippen LogP contribution is -2.10. The average molecular weight is 688 g/mol. The Balaban J connectivity index is 1.08. The second-order valence-electron chi connectivity index (χ2n) is 14.1. The van der Waals surface area contributed by atoms with Gasteiger partial charge >= 0.3 is 0 Å². The van der Waals surface area contributed by atoms with Crippen molar-refractivity contribution in [2.24, 2.45) is 0 Å². The van der Waals surface area contributed by atoms with Crippen LogP contribution >= 0.6 is 0 Å². The van der Waals surface area contributed by atoms with Gasteiger partial charge in [0.15, 0.2) is 0 Å². The van der Waals surface area contributed by atoms with Gasteiger partial charge in [-0.05, 0) is 96.4 Å². The summed E-state index contributed by atoms with van der Waals surface area (Å²) in [6.07, 6.45) is 0. The molecule has 0 aliphatic rings. The quantitative estimate of drug-likeness (QED) is 0.168. The molecule has 0 unspecified atom stereocenters. The highest BCUT2D eigenvalue weighted by molar-refractivity contribution is 6.23. The van der Waals surface area contributed by atoms with Crippen LogP contribution in [0, 0.1) is 0 Å². The molecule has 11 aromatic rings. The molecule has 0 aliphatic carbocycles. The Morgan fingerprint density at radius 2 is 0.907 bits per heavy atom. The van der Waals surface area contributed by atoms with Crippen molar-refractivity contribution in [3.05, 3.63) is 200 Å². The monoisotopic (exact) mass is 687 g/mol. The zero-order chi connectivity index (χ0) is 35.6. The molecule has 0 radical (unpaired) electrons.